The van der Waals surface area contributed by atoms with Crippen LogP contribution < -0.4 is 10.5 Å². The number of rotatable bonds is 13. The molecule has 1 atom stereocenters. The van der Waals surface area contributed by atoms with Crippen molar-refractivity contribution in [3.8, 4) is 5.88 Å². The van der Waals surface area contributed by atoms with Crippen LogP contribution in [0.5, 0.6) is 5.88 Å². The van der Waals surface area contributed by atoms with E-state index >= 15 is 0 Å². The number of primary amides is 1. The number of fused-ring (bicyclic) bond motifs is 1. The number of carbonyl (C=O) groups is 3. The van der Waals surface area contributed by atoms with E-state index in [4.69, 9.17) is 10.5 Å². The molecule has 0 saturated carbocycles. The highest BCUT2D eigenvalue weighted by molar-refractivity contribution is 6.44. The van der Waals surface area contributed by atoms with E-state index in [0.717, 1.165) is 42.6 Å². The molecule has 0 saturated heterocycles. The zero-order chi connectivity index (χ0) is 25.5. The van der Waals surface area contributed by atoms with E-state index in [1.165, 1.54) is 0 Å². The number of hydrogen-bond donors (Lipinski definition) is 2. The minimum atomic E-state index is -1.16. The molecule has 35 heavy (non-hydrogen) atoms. The zero-order valence-corrected chi connectivity index (χ0v) is 20.5. The topological polar surface area (TPSA) is 124 Å². The van der Waals surface area contributed by atoms with Gasteiger partial charge in [-0.3, -0.25) is 9.59 Å². The molecule has 0 radical (unpaired) electrons. The van der Waals surface area contributed by atoms with Gasteiger partial charge in [0, 0.05) is 24.2 Å². The van der Waals surface area contributed by atoms with Crippen molar-refractivity contribution in [1.82, 2.24) is 9.38 Å². The largest absolute Gasteiger partial charge is 0.479 e. The lowest BCUT2D eigenvalue weighted by Gasteiger charge is -2.17. The lowest BCUT2D eigenvalue weighted by atomic mass is 9.96. The second kappa shape index (κ2) is 11.6. The number of hydrogen-bond acceptors (Lipinski definition) is 5. The van der Waals surface area contributed by atoms with Gasteiger partial charge in [-0.15, -0.1) is 0 Å². The van der Waals surface area contributed by atoms with Crippen LogP contribution in [0.4, 0.5) is 0 Å². The van der Waals surface area contributed by atoms with Crippen LogP contribution in [0.1, 0.15) is 85.2 Å². The van der Waals surface area contributed by atoms with Crippen LogP contribution in [0.2, 0.25) is 0 Å². The summed E-state index contributed by atoms with van der Waals surface area (Å²) in [5.74, 6) is -2.92. The SMILES string of the molecule is CCCCC(CC)c1cn2c(Cc3ccccc3)c(CC)c(C(=O)C(N)=O)c2c(OCC(=O)O)n1. The van der Waals surface area contributed by atoms with Crippen molar-refractivity contribution in [2.75, 3.05) is 6.61 Å². The van der Waals surface area contributed by atoms with Crippen LogP contribution in [0.3, 0.4) is 0 Å². The number of nitrogens with two attached hydrogens (primary N) is 1. The molecule has 8 heteroatoms. The molecular formula is C27H33N3O5. The van der Waals surface area contributed by atoms with Crippen molar-refractivity contribution in [2.45, 2.75) is 65.2 Å². The number of carboxylic acids is 1. The lowest BCUT2D eigenvalue weighted by molar-refractivity contribution is -0.139. The number of carboxylic acid groups (broad SMARTS) is 1. The Balaban J connectivity index is 2.36. The Morgan fingerprint density at radius 3 is 2.43 bits per heavy atom. The highest BCUT2D eigenvalue weighted by atomic mass is 16.5. The summed E-state index contributed by atoms with van der Waals surface area (Å²) in [4.78, 5) is 41.0. The van der Waals surface area contributed by atoms with E-state index in [0.29, 0.717) is 18.4 Å². The summed E-state index contributed by atoms with van der Waals surface area (Å²) in [6.45, 7) is 5.50. The van der Waals surface area contributed by atoms with Crippen LogP contribution in [0.25, 0.3) is 5.52 Å². The van der Waals surface area contributed by atoms with E-state index in [2.05, 4.69) is 18.8 Å². The summed E-state index contributed by atoms with van der Waals surface area (Å²) < 4.78 is 7.48. The number of aromatic nitrogens is 2. The normalized spacial score (nSPS) is 12.0. The predicted molar refractivity (Wildman–Crippen MR) is 133 cm³/mol. The van der Waals surface area contributed by atoms with E-state index < -0.39 is 24.3 Å². The number of unbranched alkanes of at least 4 members (excludes halogenated alkanes) is 1. The quantitative estimate of drug-likeness (QED) is 0.278. The molecule has 0 fully saturated rings. The average Bonchev–Trinajstić information content (AvgIpc) is 3.16. The van der Waals surface area contributed by atoms with Crippen LogP contribution >= 0.6 is 0 Å². The third-order valence-electron chi connectivity index (χ3n) is 6.28. The Labute approximate surface area is 205 Å². The number of Topliss-reactive ketones (excluding diaryl/α,β-unsaturated/α-hetero) is 1. The average molecular weight is 480 g/mol. The van der Waals surface area contributed by atoms with Crippen LogP contribution in [0.15, 0.2) is 36.5 Å². The molecule has 186 valence electrons. The number of amides is 1. The van der Waals surface area contributed by atoms with Crippen molar-refractivity contribution < 1.29 is 24.2 Å². The molecule has 0 bridgehead atoms. The van der Waals surface area contributed by atoms with E-state index in [-0.39, 0.29) is 22.9 Å². The second-order valence-corrected chi connectivity index (χ2v) is 8.63. The van der Waals surface area contributed by atoms with Crippen molar-refractivity contribution in [3.63, 3.8) is 0 Å². The van der Waals surface area contributed by atoms with Gasteiger partial charge in [0.05, 0.1) is 11.3 Å². The van der Waals surface area contributed by atoms with Gasteiger partial charge in [-0.05, 0) is 30.4 Å². The molecule has 1 aromatic carbocycles. The van der Waals surface area contributed by atoms with Crippen LogP contribution in [-0.4, -0.2) is 38.8 Å². The second-order valence-electron chi connectivity index (χ2n) is 8.63. The molecule has 3 N–H and O–H groups in total. The summed E-state index contributed by atoms with van der Waals surface area (Å²) in [6, 6.07) is 9.81. The van der Waals surface area contributed by atoms with E-state index in [9.17, 15) is 19.5 Å². The molecule has 0 aliphatic carbocycles. The summed E-state index contributed by atoms with van der Waals surface area (Å²) in [6.07, 6.45) is 6.72. The molecule has 3 aromatic rings. The lowest BCUT2D eigenvalue weighted by Crippen LogP contribution is -2.24. The van der Waals surface area contributed by atoms with Gasteiger partial charge in [0.15, 0.2) is 6.61 Å². The number of ketones is 1. The van der Waals surface area contributed by atoms with E-state index in [1.54, 1.807) is 0 Å². The maximum Gasteiger partial charge on any atom is 0.341 e. The van der Waals surface area contributed by atoms with Gasteiger partial charge < -0.3 is 20.0 Å². The van der Waals surface area contributed by atoms with Gasteiger partial charge in [-0.2, -0.15) is 0 Å². The Hall–Kier alpha value is -3.68. The smallest absolute Gasteiger partial charge is 0.341 e. The maximum absolute atomic E-state index is 13.0. The van der Waals surface area contributed by atoms with Crippen molar-refractivity contribution >= 4 is 23.2 Å². The van der Waals surface area contributed by atoms with Crippen molar-refractivity contribution in [3.05, 3.63) is 64.6 Å². The Kier molecular flexibility index (Phi) is 8.63. The van der Waals surface area contributed by atoms with Crippen molar-refractivity contribution in [1.29, 1.82) is 0 Å². The fraction of sp³-hybridized carbons (Fsp3) is 0.407. The number of carbonyl (C=O) groups excluding carboxylic acids is 2. The highest BCUT2D eigenvalue weighted by Gasteiger charge is 2.30. The number of ether oxygens (including phenoxy) is 1. The molecule has 0 spiro atoms. The predicted octanol–water partition coefficient (Wildman–Crippen LogP) is 4.30. The molecule has 8 nitrogen and oxygen atoms in total. The summed E-state index contributed by atoms with van der Waals surface area (Å²) in [7, 11) is 0. The fourth-order valence-corrected chi connectivity index (χ4v) is 4.54. The number of nitrogens with zero attached hydrogens (tertiary/aromatic N) is 2. The minimum absolute atomic E-state index is 0.0264. The Morgan fingerprint density at radius 1 is 1.14 bits per heavy atom. The molecular weight excluding hydrogens is 446 g/mol. The molecule has 0 aliphatic rings. The first-order valence-electron chi connectivity index (χ1n) is 12.1. The maximum atomic E-state index is 13.0. The van der Waals surface area contributed by atoms with Gasteiger partial charge in [0.1, 0.15) is 5.52 Å². The van der Waals surface area contributed by atoms with Gasteiger partial charge in [0.2, 0.25) is 5.88 Å². The summed E-state index contributed by atoms with van der Waals surface area (Å²) >= 11 is 0. The molecule has 2 aromatic heterocycles. The summed E-state index contributed by atoms with van der Waals surface area (Å²) in [5.41, 5.74) is 9.13. The standard InChI is InChI=1S/C27H33N3O5/c1-4-7-13-18(5-2)20-15-30-21(14-17-11-9-8-10-12-17)19(6-3)23(25(33)26(28)34)24(30)27(29-20)35-16-22(31)32/h8-12,15,18H,4-7,13-14,16H2,1-3H3,(H2,28,34)(H,31,32). The first-order chi connectivity index (χ1) is 16.8. The third-order valence-corrected chi connectivity index (χ3v) is 6.28. The first kappa shape index (κ1) is 25.9. The monoisotopic (exact) mass is 479 g/mol. The van der Waals surface area contributed by atoms with E-state index in [1.807, 2.05) is 47.9 Å². The highest BCUT2D eigenvalue weighted by Crippen LogP contribution is 2.35. The van der Waals surface area contributed by atoms with Crippen LogP contribution in [0, 0.1) is 0 Å². The minimum Gasteiger partial charge on any atom is -0.479 e. The number of aliphatic carboxylic acids is 1. The number of benzene rings is 1. The van der Waals surface area contributed by atoms with Gasteiger partial charge in [-0.25, -0.2) is 9.78 Å². The molecule has 3 rings (SSSR count). The first-order valence-corrected chi connectivity index (χ1v) is 12.1. The molecule has 0 aliphatic heterocycles. The molecule has 2 heterocycles. The Morgan fingerprint density at radius 2 is 1.86 bits per heavy atom. The summed E-state index contributed by atoms with van der Waals surface area (Å²) in [5, 5.41) is 9.25. The van der Waals surface area contributed by atoms with Gasteiger partial charge in [-0.1, -0.05) is 63.9 Å². The van der Waals surface area contributed by atoms with Gasteiger partial charge in [0.25, 0.3) is 11.7 Å². The van der Waals surface area contributed by atoms with Crippen molar-refractivity contribution in [2.24, 2.45) is 5.73 Å². The molecule has 1 unspecified atom stereocenters. The molecule has 1 amide bonds. The third kappa shape index (κ3) is 5.70. The fourth-order valence-electron chi connectivity index (χ4n) is 4.54. The van der Waals surface area contributed by atoms with Gasteiger partial charge >= 0.3 is 5.97 Å². The Bertz CT molecular complexity index is 1220. The van der Waals surface area contributed by atoms with Crippen LogP contribution in [-0.2, 0) is 22.4 Å². The zero-order valence-electron chi connectivity index (χ0n) is 20.5.